The molecule has 2 heteroatoms. The fourth-order valence-electron chi connectivity index (χ4n) is 0.765. The highest BCUT2D eigenvalue weighted by Gasteiger charge is 2.00. The lowest BCUT2D eigenvalue weighted by molar-refractivity contribution is 0.118. The van der Waals surface area contributed by atoms with Gasteiger partial charge in [0.1, 0.15) is 0 Å². The Morgan fingerprint density at radius 2 is 2.30 bits per heavy atom. The highest BCUT2D eigenvalue weighted by Crippen LogP contribution is 2.00. The quantitative estimate of drug-likeness (QED) is 0.454. The summed E-state index contributed by atoms with van der Waals surface area (Å²) in [5, 5.41) is 9.16. The summed E-state index contributed by atoms with van der Waals surface area (Å²) in [5.41, 5.74) is 0. The van der Waals surface area contributed by atoms with Crippen LogP contribution in [-0.2, 0) is 4.74 Å². The first-order valence-corrected chi connectivity index (χ1v) is 3.71. The molecule has 0 rings (SSSR count). The van der Waals surface area contributed by atoms with E-state index in [1.165, 1.54) is 6.26 Å². The zero-order valence-corrected chi connectivity index (χ0v) is 6.55. The van der Waals surface area contributed by atoms with Crippen LogP contribution in [0.1, 0.15) is 26.2 Å². The van der Waals surface area contributed by atoms with Crippen molar-refractivity contribution in [3.8, 4) is 0 Å². The molecule has 1 N–H and O–H groups in total. The molecule has 0 fully saturated rings. The van der Waals surface area contributed by atoms with E-state index in [1.807, 2.05) is 0 Å². The molecule has 0 aliphatic heterocycles. The summed E-state index contributed by atoms with van der Waals surface area (Å²) in [7, 11) is 0. The normalized spacial score (nSPS) is 12.6. The molecule has 0 saturated heterocycles. The first-order valence-electron chi connectivity index (χ1n) is 3.71. The van der Waals surface area contributed by atoms with E-state index < -0.39 is 0 Å². The monoisotopic (exact) mass is 144 g/mol. The molecule has 0 aliphatic rings. The van der Waals surface area contributed by atoms with Crippen LogP contribution in [0, 0.1) is 0 Å². The van der Waals surface area contributed by atoms with Crippen LogP contribution in [0.4, 0.5) is 0 Å². The van der Waals surface area contributed by atoms with Crippen molar-refractivity contribution in [3.63, 3.8) is 0 Å². The SMILES string of the molecule is C=COCCC(O)CCC. The zero-order chi connectivity index (χ0) is 7.82. The van der Waals surface area contributed by atoms with Gasteiger partial charge in [0.05, 0.1) is 19.0 Å². The lowest BCUT2D eigenvalue weighted by Gasteiger charge is -2.07. The molecule has 0 aromatic rings. The van der Waals surface area contributed by atoms with Gasteiger partial charge in [0.15, 0.2) is 0 Å². The fraction of sp³-hybridized carbons (Fsp3) is 0.750. The molecular formula is C8H16O2. The van der Waals surface area contributed by atoms with Crippen molar-refractivity contribution < 1.29 is 9.84 Å². The number of aliphatic hydroxyl groups excluding tert-OH is 1. The fourth-order valence-corrected chi connectivity index (χ4v) is 0.765. The molecular weight excluding hydrogens is 128 g/mol. The van der Waals surface area contributed by atoms with Crippen molar-refractivity contribution in [2.45, 2.75) is 32.3 Å². The van der Waals surface area contributed by atoms with E-state index in [1.54, 1.807) is 0 Å². The minimum atomic E-state index is -0.204. The van der Waals surface area contributed by atoms with Crippen molar-refractivity contribution in [1.82, 2.24) is 0 Å². The molecule has 0 aromatic heterocycles. The van der Waals surface area contributed by atoms with Crippen LogP contribution < -0.4 is 0 Å². The molecule has 0 aromatic carbocycles. The number of ether oxygens (including phenoxy) is 1. The zero-order valence-electron chi connectivity index (χ0n) is 6.55. The van der Waals surface area contributed by atoms with Crippen LogP contribution in [0.5, 0.6) is 0 Å². The lowest BCUT2D eigenvalue weighted by Crippen LogP contribution is -2.08. The second-order valence-corrected chi connectivity index (χ2v) is 2.27. The van der Waals surface area contributed by atoms with Gasteiger partial charge in [-0.2, -0.15) is 0 Å². The molecule has 0 heterocycles. The van der Waals surface area contributed by atoms with Crippen molar-refractivity contribution in [2.75, 3.05) is 6.61 Å². The van der Waals surface area contributed by atoms with E-state index in [0.29, 0.717) is 13.0 Å². The molecule has 0 radical (unpaired) electrons. The second-order valence-electron chi connectivity index (χ2n) is 2.27. The molecule has 0 amide bonds. The lowest BCUT2D eigenvalue weighted by atomic mass is 10.1. The van der Waals surface area contributed by atoms with Gasteiger partial charge in [-0.1, -0.05) is 19.9 Å². The van der Waals surface area contributed by atoms with Crippen LogP contribution in [0.3, 0.4) is 0 Å². The van der Waals surface area contributed by atoms with Gasteiger partial charge in [-0.15, -0.1) is 0 Å². The third-order valence-corrected chi connectivity index (χ3v) is 1.31. The van der Waals surface area contributed by atoms with Crippen LogP contribution in [-0.4, -0.2) is 17.8 Å². The smallest absolute Gasteiger partial charge is 0.0897 e. The summed E-state index contributed by atoms with van der Waals surface area (Å²) in [6.07, 6.45) is 3.79. The van der Waals surface area contributed by atoms with Gasteiger partial charge in [-0.25, -0.2) is 0 Å². The molecule has 2 nitrogen and oxygen atoms in total. The minimum Gasteiger partial charge on any atom is -0.502 e. The van der Waals surface area contributed by atoms with Gasteiger partial charge in [0.25, 0.3) is 0 Å². The van der Waals surface area contributed by atoms with Crippen LogP contribution in [0.25, 0.3) is 0 Å². The first kappa shape index (κ1) is 9.50. The van der Waals surface area contributed by atoms with E-state index in [2.05, 4.69) is 13.5 Å². The molecule has 0 saturated carbocycles. The van der Waals surface area contributed by atoms with Gasteiger partial charge < -0.3 is 9.84 Å². The van der Waals surface area contributed by atoms with Gasteiger partial charge in [0, 0.05) is 6.42 Å². The van der Waals surface area contributed by atoms with Crippen LogP contribution in [0.15, 0.2) is 12.8 Å². The second kappa shape index (κ2) is 6.62. The molecule has 0 aliphatic carbocycles. The number of hydrogen-bond acceptors (Lipinski definition) is 2. The Morgan fingerprint density at radius 3 is 2.80 bits per heavy atom. The molecule has 10 heavy (non-hydrogen) atoms. The summed E-state index contributed by atoms with van der Waals surface area (Å²) in [4.78, 5) is 0. The molecule has 1 atom stereocenters. The van der Waals surface area contributed by atoms with E-state index in [0.717, 1.165) is 12.8 Å². The molecule has 0 spiro atoms. The third kappa shape index (κ3) is 5.63. The predicted octanol–water partition coefficient (Wildman–Crippen LogP) is 1.70. The highest BCUT2D eigenvalue weighted by atomic mass is 16.5. The van der Waals surface area contributed by atoms with Crippen molar-refractivity contribution in [2.24, 2.45) is 0 Å². The Bertz CT molecular complexity index is 81.3. The van der Waals surface area contributed by atoms with Gasteiger partial charge >= 0.3 is 0 Å². The van der Waals surface area contributed by atoms with E-state index in [4.69, 9.17) is 9.84 Å². The Hall–Kier alpha value is -0.500. The average Bonchev–Trinajstić information content (AvgIpc) is 1.89. The summed E-state index contributed by atoms with van der Waals surface area (Å²) >= 11 is 0. The summed E-state index contributed by atoms with van der Waals surface area (Å²) < 4.78 is 4.85. The Labute approximate surface area is 62.5 Å². The topological polar surface area (TPSA) is 29.5 Å². The molecule has 60 valence electrons. The van der Waals surface area contributed by atoms with Gasteiger partial charge in [-0.05, 0) is 6.42 Å². The van der Waals surface area contributed by atoms with Crippen LogP contribution in [0.2, 0.25) is 0 Å². The van der Waals surface area contributed by atoms with Crippen molar-refractivity contribution in [3.05, 3.63) is 12.8 Å². The predicted molar refractivity (Wildman–Crippen MR) is 41.7 cm³/mol. The number of aliphatic hydroxyl groups is 1. The first-order chi connectivity index (χ1) is 4.81. The standard InChI is InChI=1S/C8H16O2/c1-3-5-8(9)6-7-10-4-2/h4,8-9H,2-3,5-7H2,1H3. The van der Waals surface area contributed by atoms with Crippen molar-refractivity contribution in [1.29, 1.82) is 0 Å². The van der Waals surface area contributed by atoms with Crippen molar-refractivity contribution >= 4 is 0 Å². The third-order valence-electron chi connectivity index (χ3n) is 1.31. The average molecular weight is 144 g/mol. The Morgan fingerprint density at radius 1 is 1.60 bits per heavy atom. The largest absolute Gasteiger partial charge is 0.502 e. The Balaban J connectivity index is 3.04. The van der Waals surface area contributed by atoms with E-state index in [9.17, 15) is 0 Å². The maximum absolute atomic E-state index is 9.16. The van der Waals surface area contributed by atoms with Gasteiger partial charge in [-0.3, -0.25) is 0 Å². The summed E-state index contributed by atoms with van der Waals surface area (Å²) in [6.45, 7) is 6.03. The highest BCUT2D eigenvalue weighted by molar-refractivity contribution is 4.55. The maximum atomic E-state index is 9.16. The molecule has 1 unspecified atom stereocenters. The van der Waals surface area contributed by atoms with Gasteiger partial charge in [0.2, 0.25) is 0 Å². The maximum Gasteiger partial charge on any atom is 0.0897 e. The van der Waals surface area contributed by atoms with E-state index in [-0.39, 0.29) is 6.10 Å². The Kier molecular flexibility index (Phi) is 6.29. The summed E-state index contributed by atoms with van der Waals surface area (Å²) in [6, 6.07) is 0. The minimum absolute atomic E-state index is 0.204. The molecule has 0 bridgehead atoms. The summed E-state index contributed by atoms with van der Waals surface area (Å²) in [5.74, 6) is 0. The number of rotatable bonds is 6. The van der Waals surface area contributed by atoms with Crippen LogP contribution >= 0.6 is 0 Å². The number of hydrogen-bond donors (Lipinski definition) is 1. The van der Waals surface area contributed by atoms with E-state index >= 15 is 0 Å².